The number of nitrogens with zero attached hydrogens (tertiary/aromatic N) is 1. The van der Waals surface area contributed by atoms with E-state index in [4.69, 9.17) is 0 Å². The van der Waals surface area contributed by atoms with Gasteiger partial charge in [-0.2, -0.15) is 0 Å². The monoisotopic (exact) mass is 286 g/mol. The molecule has 20 heavy (non-hydrogen) atoms. The van der Waals surface area contributed by atoms with Crippen LogP contribution in [0, 0.1) is 0 Å². The van der Waals surface area contributed by atoms with E-state index in [1.165, 1.54) is 29.1 Å². The first-order valence-electron chi connectivity index (χ1n) is 7.37. The second-order valence-electron chi connectivity index (χ2n) is 5.74. The second kappa shape index (κ2) is 5.98. The predicted octanol–water partition coefficient (Wildman–Crippen LogP) is 4.31. The summed E-state index contributed by atoms with van der Waals surface area (Å²) in [5.41, 5.74) is 2.59. The van der Waals surface area contributed by atoms with Gasteiger partial charge in [-0.3, -0.25) is 4.90 Å². The third-order valence-electron chi connectivity index (χ3n) is 4.02. The van der Waals surface area contributed by atoms with E-state index in [9.17, 15) is 0 Å². The first kappa shape index (κ1) is 13.7. The molecule has 1 unspecified atom stereocenters. The Hall–Kier alpha value is -1.32. The predicted molar refractivity (Wildman–Crippen MR) is 88.5 cm³/mol. The molecule has 0 bridgehead atoms. The molecular weight excluding hydrogens is 264 g/mol. The highest BCUT2D eigenvalue weighted by atomic mass is 32.1. The molecule has 1 N–H and O–H groups in total. The van der Waals surface area contributed by atoms with Crippen LogP contribution in [0.2, 0.25) is 0 Å². The molecule has 0 saturated carbocycles. The molecular formula is C17H22N2S. The van der Waals surface area contributed by atoms with Gasteiger partial charge in [-0.25, -0.2) is 0 Å². The zero-order chi connectivity index (χ0) is 13.9. The van der Waals surface area contributed by atoms with E-state index in [0.717, 1.165) is 6.54 Å². The molecule has 1 aliphatic rings. The lowest BCUT2D eigenvalue weighted by atomic mass is 10.1. The minimum Gasteiger partial charge on any atom is -0.380 e. The molecule has 1 atom stereocenters. The lowest BCUT2D eigenvalue weighted by molar-refractivity contribution is 0.274. The van der Waals surface area contributed by atoms with E-state index in [1.807, 2.05) is 0 Å². The van der Waals surface area contributed by atoms with Gasteiger partial charge in [0.1, 0.15) is 0 Å². The number of rotatable bonds is 4. The molecule has 106 valence electrons. The highest BCUT2D eigenvalue weighted by molar-refractivity contribution is 7.13. The van der Waals surface area contributed by atoms with Crippen LogP contribution in [0.3, 0.4) is 0 Å². The van der Waals surface area contributed by atoms with E-state index in [2.05, 4.69) is 65.8 Å². The van der Waals surface area contributed by atoms with Gasteiger partial charge < -0.3 is 5.32 Å². The SMILES string of the molecule is CC(C)N1CCC(Nc2ccccc2-c2cccs2)C1. The summed E-state index contributed by atoms with van der Waals surface area (Å²) in [6.45, 7) is 6.91. The molecule has 1 aromatic heterocycles. The average Bonchev–Trinajstić information content (AvgIpc) is 3.10. The van der Waals surface area contributed by atoms with Crippen molar-refractivity contribution in [1.29, 1.82) is 0 Å². The molecule has 1 saturated heterocycles. The van der Waals surface area contributed by atoms with Crippen molar-refractivity contribution in [3.8, 4) is 10.4 Å². The zero-order valence-corrected chi connectivity index (χ0v) is 13.0. The van der Waals surface area contributed by atoms with Gasteiger partial charge in [-0.1, -0.05) is 24.3 Å². The Labute approximate surface area is 125 Å². The summed E-state index contributed by atoms with van der Waals surface area (Å²) in [5, 5.41) is 5.89. The van der Waals surface area contributed by atoms with Gasteiger partial charge in [0.05, 0.1) is 0 Å². The summed E-state index contributed by atoms with van der Waals surface area (Å²) in [6.07, 6.45) is 1.23. The van der Waals surface area contributed by atoms with Gasteiger partial charge in [0.15, 0.2) is 0 Å². The van der Waals surface area contributed by atoms with Crippen molar-refractivity contribution in [2.24, 2.45) is 0 Å². The number of nitrogens with one attached hydrogen (secondary N) is 1. The number of hydrogen-bond donors (Lipinski definition) is 1. The lowest BCUT2D eigenvalue weighted by Crippen LogP contribution is -2.31. The number of benzene rings is 1. The third-order valence-corrected chi connectivity index (χ3v) is 4.93. The number of hydrogen-bond acceptors (Lipinski definition) is 3. The molecule has 0 spiro atoms. The number of likely N-dealkylation sites (tertiary alicyclic amines) is 1. The Kier molecular flexibility index (Phi) is 4.08. The standard InChI is InChI=1S/C17H22N2S/c1-13(2)19-10-9-14(12-19)18-16-7-4-3-6-15(16)17-8-5-11-20-17/h3-8,11,13-14,18H,9-10,12H2,1-2H3. The Morgan fingerprint density at radius 1 is 1.20 bits per heavy atom. The molecule has 2 aromatic rings. The molecule has 3 heteroatoms. The lowest BCUT2D eigenvalue weighted by Gasteiger charge is -2.21. The van der Waals surface area contributed by atoms with Crippen molar-refractivity contribution in [2.45, 2.75) is 32.4 Å². The van der Waals surface area contributed by atoms with Crippen LogP contribution in [0.5, 0.6) is 0 Å². The fraction of sp³-hybridized carbons (Fsp3) is 0.412. The maximum Gasteiger partial charge on any atom is 0.0430 e. The van der Waals surface area contributed by atoms with E-state index in [1.54, 1.807) is 11.3 Å². The molecule has 0 aliphatic carbocycles. The molecule has 2 heterocycles. The molecule has 0 radical (unpaired) electrons. The molecule has 1 aliphatic heterocycles. The van der Waals surface area contributed by atoms with E-state index in [-0.39, 0.29) is 0 Å². The van der Waals surface area contributed by atoms with Gasteiger partial charge in [0, 0.05) is 41.3 Å². The summed E-state index contributed by atoms with van der Waals surface area (Å²) < 4.78 is 0. The van der Waals surface area contributed by atoms with Crippen LogP contribution in [0.4, 0.5) is 5.69 Å². The van der Waals surface area contributed by atoms with Gasteiger partial charge in [0.25, 0.3) is 0 Å². The van der Waals surface area contributed by atoms with Crippen molar-refractivity contribution < 1.29 is 0 Å². The molecule has 1 fully saturated rings. The van der Waals surface area contributed by atoms with E-state index >= 15 is 0 Å². The van der Waals surface area contributed by atoms with Gasteiger partial charge in [-0.15, -0.1) is 11.3 Å². The first-order valence-corrected chi connectivity index (χ1v) is 8.25. The van der Waals surface area contributed by atoms with Crippen molar-refractivity contribution in [3.63, 3.8) is 0 Å². The molecule has 0 amide bonds. The van der Waals surface area contributed by atoms with Crippen molar-refractivity contribution in [2.75, 3.05) is 18.4 Å². The maximum absolute atomic E-state index is 3.75. The summed E-state index contributed by atoms with van der Waals surface area (Å²) >= 11 is 1.80. The van der Waals surface area contributed by atoms with Gasteiger partial charge >= 0.3 is 0 Å². The van der Waals surface area contributed by atoms with Gasteiger partial charge in [0.2, 0.25) is 0 Å². The van der Waals surface area contributed by atoms with Crippen LogP contribution in [0.25, 0.3) is 10.4 Å². The highest BCUT2D eigenvalue weighted by Crippen LogP contribution is 2.32. The summed E-state index contributed by atoms with van der Waals surface area (Å²) in [7, 11) is 0. The van der Waals surface area contributed by atoms with Crippen molar-refractivity contribution in [3.05, 3.63) is 41.8 Å². The smallest absolute Gasteiger partial charge is 0.0430 e. The highest BCUT2D eigenvalue weighted by Gasteiger charge is 2.24. The van der Waals surface area contributed by atoms with Crippen LogP contribution in [0.1, 0.15) is 20.3 Å². The van der Waals surface area contributed by atoms with Crippen LogP contribution in [0.15, 0.2) is 41.8 Å². The zero-order valence-electron chi connectivity index (χ0n) is 12.2. The normalized spacial score (nSPS) is 19.6. The molecule has 2 nitrogen and oxygen atoms in total. The topological polar surface area (TPSA) is 15.3 Å². The van der Waals surface area contributed by atoms with Crippen LogP contribution >= 0.6 is 11.3 Å². The van der Waals surface area contributed by atoms with Crippen molar-refractivity contribution in [1.82, 2.24) is 4.90 Å². The van der Waals surface area contributed by atoms with Crippen LogP contribution < -0.4 is 5.32 Å². The van der Waals surface area contributed by atoms with Crippen LogP contribution in [-0.2, 0) is 0 Å². The number of para-hydroxylation sites is 1. The Morgan fingerprint density at radius 3 is 2.75 bits per heavy atom. The summed E-state index contributed by atoms with van der Waals surface area (Å²) in [5.74, 6) is 0. The van der Waals surface area contributed by atoms with Crippen molar-refractivity contribution >= 4 is 17.0 Å². The Balaban J connectivity index is 1.76. The Morgan fingerprint density at radius 2 is 2.05 bits per heavy atom. The van der Waals surface area contributed by atoms with E-state index in [0.29, 0.717) is 12.1 Å². The number of thiophene rings is 1. The van der Waals surface area contributed by atoms with Gasteiger partial charge in [-0.05, 0) is 37.8 Å². The maximum atomic E-state index is 3.75. The average molecular weight is 286 g/mol. The summed E-state index contributed by atoms with van der Waals surface area (Å²) in [4.78, 5) is 3.89. The largest absolute Gasteiger partial charge is 0.380 e. The third kappa shape index (κ3) is 2.89. The van der Waals surface area contributed by atoms with Crippen LogP contribution in [-0.4, -0.2) is 30.1 Å². The fourth-order valence-electron chi connectivity index (χ4n) is 2.85. The fourth-order valence-corrected chi connectivity index (χ4v) is 3.62. The van der Waals surface area contributed by atoms with E-state index < -0.39 is 0 Å². The minimum atomic E-state index is 0.568. The second-order valence-corrected chi connectivity index (χ2v) is 6.69. The number of anilines is 1. The summed E-state index contributed by atoms with van der Waals surface area (Å²) in [6, 6.07) is 14.2. The minimum absolute atomic E-state index is 0.568. The first-order chi connectivity index (χ1) is 9.74. The molecule has 1 aromatic carbocycles. The molecule has 3 rings (SSSR count). The Bertz CT molecular complexity index is 548. The quantitative estimate of drug-likeness (QED) is 0.901.